The molecule has 98 valence electrons. The lowest BCUT2D eigenvalue weighted by atomic mass is 10.2. The molecule has 0 unspecified atom stereocenters. The quantitative estimate of drug-likeness (QED) is 0.845. The summed E-state index contributed by atoms with van der Waals surface area (Å²) in [5.74, 6) is -0.0651. The van der Waals surface area contributed by atoms with Crippen LogP contribution in [0.3, 0.4) is 0 Å². The number of benzene rings is 1. The Bertz CT molecular complexity index is 599. The Kier molecular flexibility index (Phi) is 4.36. The molecule has 1 aromatic carbocycles. The summed E-state index contributed by atoms with van der Waals surface area (Å²) in [5.41, 5.74) is 1.10. The molecule has 2 aromatic rings. The number of para-hydroxylation sites is 1. The molecule has 1 heterocycles. The van der Waals surface area contributed by atoms with E-state index in [1.54, 1.807) is 6.08 Å². The van der Waals surface area contributed by atoms with Crippen LogP contribution >= 0.6 is 11.3 Å². The van der Waals surface area contributed by atoms with Crippen molar-refractivity contribution in [2.24, 2.45) is 0 Å². The molecule has 0 aliphatic heterocycles. The zero-order valence-electron chi connectivity index (χ0n) is 10.5. The Morgan fingerprint density at radius 1 is 1.32 bits per heavy atom. The Morgan fingerprint density at radius 3 is 2.84 bits per heavy atom. The number of carboxylic acids is 1. The van der Waals surface area contributed by atoms with Crippen molar-refractivity contribution in [1.82, 2.24) is 0 Å². The van der Waals surface area contributed by atoms with E-state index in [4.69, 9.17) is 9.84 Å². The zero-order chi connectivity index (χ0) is 13.7. The molecule has 19 heavy (non-hydrogen) atoms. The normalized spacial score (nSPS) is 10.8. The minimum atomic E-state index is -0.939. The van der Waals surface area contributed by atoms with Gasteiger partial charge >= 0.3 is 5.97 Å². The molecule has 0 aliphatic rings. The van der Waals surface area contributed by atoms with E-state index in [1.165, 1.54) is 11.3 Å². The van der Waals surface area contributed by atoms with Gasteiger partial charge in [-0.25, -0.2) is 4.79 Å². The smallest absolute Gasteiger partial charge is 0.328 e. The van der Waals surface area contributed by atoms with Gasteiger partial charge in [0.1, 0.15) is 12.4 Å². The standard InChI is InChI=1S/C15H14O3S/c1-11-4-2-3-5-14(11)18-10-13-7-6-12(19-13)8-9-15(16)17/h2-9H,10H2,1H3,(H,16,17). The lowest BCUT2D eigenvalue weighted by Crippen LogP contribution is -1.94. The van der Waals surface area contributed by atoms with Crippen LogP contribution < -0.4 is 4.74 Å². The molecule has 0 radical (unpaired) electrons. The monoisotopic (exact) mass is 274 g/mol. The average molecular weight is 274 g/mol. The molecule has 1 N–H and O–H groups in total. The first-order valence-electron chi connectivity index (χ1n) is 5.83. The van der Waals surface area contributed by atoms with Crippen molar-refractivity contribution >= 4 is 23.4 Å². The van der Waals surface area contributed by atoms with Crippen LogP contribution in [0.5, 0.6) is 5.75 Å². The third kappa shape index (κ3) is 3.96. The number of carbonyl (C=O) groups is 1. The molecule has 1 aromatic heterocycles. The van der Waals surface area contributed by atoms with Gasteiger partial charge in [-0.05, 0) is 36.8 Å². The fourth-order valence-corrected chi connectivity index (χ4v) is 2.41. The average Bonchev–Trinajstić information content (AvgIpc) is 2.83. The first-order chi connectivity index (χ1) is 9.15. The molecule has 0 amide bonds. The second kappa shape index (κ2) is 6.20. The third-order valence-corrected chi connectivity index (χ3v) is 3.56. The van der Waals surface area contributed by atoms with E-state index < -0.39 is 5.97 Å². The van der Waals surface area contributed by atoms with Crippen molar-refractivity contribution in [2.45, 2.75) is 13.5 Å². The van der Waals surface area contributed by atoms with Crippen molar-refractivity contribution in [3.63, 3.8) is 0 Å². The number of hydrogen-bond acceptors (Lipinski definition) is 3. The highest BCUT2D eigenvalue weighted by Crippen LogP contribution is 2.22. The number of ether oxygens (including phenoxy) is 1. The van der Waals surface area contributed by atoms with Crippen molar-refractivity contribution in [3.8, 4) is 5.75 Å². The topological polar surface area (TPSA) is 46.5 Å². The summed E-state index contributed by atoms with van der Waals surface area (Å²) in [5, 5.41) is 8.56. The minimum Gasteiger partial charge on any atom is -0.488 e. The van der Waals surface area contributed by atoms with Gasteiger partial charge in [-0.2, -0.15) is 0 Å². The Labute approximate surface area is 115 Å². The molecular weight excluding hydrogens is 260 g/mol. The van der Waals surface area contributed by atoms with Crippen LogP contribution in [-0.4, -0.2) is 11.1 Å². The van der Waals surface area contributed by atoms with Gasteiger partial charge in [0.2, 0.25) is 0 Å². The number of rotatable bonds is 5. The van der Waals surface area contributed by atoms with Crippen molar-refractivity contribution in [3.05, 3.63) is 57.8 Å². The van der Waals surface area contributed by atoms with Crippen LogP contribution in [0, 0.1) is 6.92 Å². The number of aryl methyl sites for hydroxylation is 1. The van der Waals surface area contributed by atoms with Crippen LogP contribution in [0.1, 0.15) is 15.3 Å². The molecule has 4 heteroatoms. The number of carboxylic acid groups (broad SMARTS) is 1. The predicted molar refractivity (Wildman–Crippen MR) is 76.5 cm³/mol. The second-order valence-electron chi connectivity index (χ2n) is 4.03. The molecular formula is C15H14O3S. The van der Waals surface area contributed by atoms with E-state index in [9.17, 15) is 4.79 Å². The van der Waals surface area contributed by atoms with Crippen molar-refractivity contribution in [2.75, 3.05) is 0 Å². The number of hydrogen-bond donors (Lipinski definition) is 1. The number of thiophene rings is 1. The molecule has 0 spiro atoms. The summed E-state index contributed by atoms with van der Waals surface area (Å²) in [4.78, 5) is 12.4. The highest BCUT2D eigenvalue weighted by molar-refractivity contribution is 7.12. The maximum Gasteiger partial charge on any atom is 0.328 e. The van der Waals surface area contributed by atoms with E-state index in [0.29, 0.717) is 6.61 Å². The fourth-order valence-electron chi connectivity index (χ4n) is 1.58. The molecule has 2 rings (SSSR count). The summed E-state index contributed by atoms with van der Waals surface area (Å²) >= 11 is 1.52. The van der Waals surface area contributed by atoms with Gasteiger partial charge in [-0.3, -0.25) is 0 Å². The Hall–Kier alpha value is -2.07. The molecule has 0 atom stereocenters. The molecule has 0 fully saturated rings. The van der Waals surface area contributed by atoms with E-state index in [-0.39, 0.29) is 0 Å². The van der Waals surface area contributed by atoms with Gasteiger partial charge in [0.05, 0.1) is 0 Å². The summed E-state index contributed by atoms with van der Waals surface area (Å²) < 4.78 is 5.73. The van der Waals surface area contributed by atoms with E-state index in [0.717, 1.165) is 27.1 Å². The second-order valence-corrected chi connectivity index (χ2v) is 5.23. The fraction of sp³-hybridized carbons (Fsp3) is 0.133. The zero-order valence-corrected chi connectivity index (χ0v) is 11.3. The third-order valence-electron chi connectivity index (χ3n) is 2.54. The van der Waals surface area contributed by atoms with Crippen LogP contribution in [-0.2, 0) is 11.4 Å². The summed E-state index contributed by atoms with van der Waals surface area (Å²) in [6, 6.07) is 11.7. The molecule has 0 aliphatic carbocycles. The highest BCUT2D eigenvalue weighted by Gasteiger charge is 2.01. The first-order valence-corrected chi connectivity index (χ1v) is 6.65. The van der Waals surface area contributed by atoms with Gasteiger partial charge in [-0.1, -0.05) is 18.2 Å². The Morgan fingerprint density at radius 2 is 2.11 bits per heavy atom. The van der Waals surface area contributed by atoms with Gasteiger partial charge in [0.15, 0.2) is 0 Å². The molecule has 0 saturated heterocycles. The van der Waals surface area contributed by atoms with Crippen LogP contribution in [0.4, 0.5) is 0 Å². The number of aliphatic carboxylic acids is 1. The van der Waals surface area contributed by atoms with Gasteiger partial charge in [0.25, 0.3) is 0 Å². The summed E-state index contributed by atoms with van der Waals surface area (Å²) in [6.45, 7) is 2.50. The van der Waals surface area contributed by atoms with Gasteiger partial charge < -0.3 is 9.84 Å². The van der Waals surface area contributed by atoms with Crippen LogP contribution in [0.15, 0.2) is 42.5 Å². The largest absolute Gasteiger partial charge is 0.488 e. The van der Waals surface area contributed by atoms with E-state index in [2.05, 4.69) is 0 Å². The SMILES string of the molecule is Cc1ccccc1OCc1ccc(C=CC(=O)O)s1. The molecule has 0 saturated carbocycles. The highest BCUT2D eigenvalue weighted by atomic mass is 32.1. The van der Waals surface area contributed by atoms with Crippen LogP contribution in [0.25, 0.3) is 6.08 Å². The molecule has 0 bridgehead atoms. The first kappa shape index (κ1) is 13.4. The van der Waals surface area contributed by atoms with E-state index >= 15 is 0 Å². The van der Waals surface area contributed by atoms with Gasteiger partial charge in [-0.15, -0.1) is 11.3 Å². The lowest BCUT2D eigenvalue weighted by molar-refractivity contribution is -0.131. The lowest BCUT2D eigenvalue weighted by Gasteiger charge is -2.06. The maximum absolute atomic E-state index is 10.4. The van der Waals surface area contributed by atoms with E-state index in [1.807, 2.05) is 43.3 Å². The van der Waals surface area contributed by atoms with Crippen molar-refractivity contribution in [1.29, 1.82) is 0 Å². The summed E-state index contributed by atoms with van der Waals surface area (Å²) in [6.07, 6.45) is 2.72. The van der Waals surface area contributed by atoms with Gasteiger partial charge in [0, 0.05) is 15.8 Å². The summed E-state index contributed by atoms with van der Waals surface area (Å²) in [7, 11) is 0. The van der Waals surface area contributed by atoms with Crippen molar-refractivity contribution < 1.29 is 14.6 Å². The molecule has 3 nitrogen and oxygen atoms in total. The minimum absolute atomic E-state index is 0.496. The maximum atomic E-state index is 10.4. The predicted octanol–water partition coefficient (Wildman–Crippen LogP) is 3.73. The van der Waals surface area contributed by atoms with Crippen LogP contribution in [0.2, 0.25) is 0 Å². The Balaban J connectivity index is 1.97.